The largest absolute Gasteiger partial charge is 0.462 e. The second-order valence-electron chi connectivity index (χ2n) is 4.77. The molecule has 0 aliphatic carbocycles. The van der Waals surface area contributed by atoms with Gasteiger partial charge in [0.15, 0.2) is 0 Å². The first-order valence-electron chi connectivity index (χ1n) is 7.25. The van der Waals surface area contributed by atoms with E-state index in [0.717, 1.165) is 9.88 Å². The van der Waals surface area contributed by atoms with Crippen LogP contribution in [0.5, 0.6) is 0 Å². The third-order valence-corrected chi connectivity index (χ3v) is 4.98. The monoisotopic (exact) mass is 358 g/mol. The van der Waals surface area contributed by atoms with Crippen molar-refractivity contribution in [2.45, 2.75) is 6.92 Å². The molecule has 0 fully saturated rings. The molecule has 0 atom stereocenters. The SMILES string of the molecule is CCOC(=O)c1cccc(NC(=O)c2csc(-c3cccs3)n2)c1. The number of carbonyl (C=O) groups excluding carboxylic acids is 2. The van der Waals surface area contributed by atoms with Crippen molar-refractivity contribution in [2.24, 2.45) is 0 Å². The lowest BCUT2D eigenvalue weighted by atomic mass is 10.2. The molecule has 2 aromatic heterocycles. The van der Waals surface area contributed by atoms with Crippen LogP contribution in [0.4, 0.5) is 5.69 Å². The van der Waals surface area contributed by atoms with E-state index in [1.807, 2.05) is 17.5 Å². The van der Waals surface area contributed by atoms with E-state index in [2.05, 4.69) is 10.3 Å². The highest BCUT2D eigenvalue weighted by Crippen LogP contribution is 2.28. The fraction of sp³-hybridized carbons (Fsp3) is 0.118. The molecule has 1 aromatic carbocycles. The first kappa shape index (κ1) is 16.4. The molecule has 0 radical (unpaired) electrons. The van der Waals surface area contributed by atoms with Crippen LogP contribution in [0.15, 0.2) is 47.2 Å². The lowest BCUT2D eigenvalue weighted by Gasteiger charge is -2.06. The van der Waals surface area contributed by atoms with Gasteiger partial charge in [-0.1, -0.05) is 12.1 Å². The molecule has 24 heavy (non-hydrogen) atoms. The summed E-state index contributed by atoms with van der Waals surface area (Å²) in [5, 5.41) is 7.26. The minimum Gasteiger partial charge on any atom is -0.462 e. The maximum Gasteiger partial charge on any atom is 0.338 e. The van der Waals surface area contributed by atoms with Gasteiger partial charge in [0.05, 0.1) is 17.0 Å². The van der Waals surface area contributed by atoms with Crippen LogP contribution in [-0.2, 0) is 4.74 Å². The van der Waals surface area contributed by atoms with E-state index < -0.39 is 5.97 Å². The van der Waals surface area contributed by atoms with Gasteiger partial charge in [-0.05, 0) is 36.6 Å². The number of hydrogen-bond donors (Lipinski definition) is 1. The summed E-state index contributed by atoms with van der Waals surface area (Å²) in [7, 11) is 0. The van der Waals surface area contributed by atoms with Crippen LogP contribution in [0, 0.1) is 0 Å². The molecular formula is C17H14N2O3S2. The number of esters is 1. The molecule has 0 bridgehead atoms. The molecule has 7 heteroatoms. The second-order valence-corrected chi connectivity index (χ2v) is 6.58. The van der Waals surface area contributed by atoms with Crippen molar-refractivity contribution in [3.63, 3.8) is 0 Å². The Balaban J connectivity index is 1.73. The van der Waals surface area contributed by atoms with E-state index in [1.54, 1.807) is 47.9 Å². The van der Waals surface area contributed by atoms with Crippen molar-refractivity contribution in [1.82, 2.24) is 4.98 Å². The fourth-order valence-electron chi connectivity index (χ4n) is 2.02. The summed E-state index contributed by atoms with van der Waals surface area (Å²) in [5.41, 5.74) is 1.27. The summed E-state index contributed by atoms with van der Waals surface area (Å²) in [4.78, 5) is 29.5. The predicted octanol–water partition coefficient (Wildman–Crippen LogP) is 4.30. The van der Waals surface area contributed by atoms with Gasteiger partial charge in [-0.3, -0.25) is 4.79 Å². The molecular weight excluding hydrogens is 344 g/mol. The number of nitrogens with one attached hydrogen (secondary N) is 1. The molecule has 0 saturated heterocycles. The Morgan fingerprint density at radius 1 is 1.21 bits per heavy atom. The minimum atomic E-state index is -0.415. The number of ether oxygens (including phenoxy) is 1. The number of thiazole rings is 1. The van der Waals surface area contributed by atoms with Crippen LogP contribution in [0.1, 0.15) is 27.8 Å². The van der Waals surface area contributed by atoms with Gasteiger partial charge in [0, 0.05) is 11.1 Å². The van der Waals surface area contributed by atoms with Crippen molar-refractivity contribution < 1.29 is 14.3 Å². The van der Waals surface area contributed by atoms with Crippen LogP contribution in [-0.4, -0.2) is 23.5 Å². The first-order valence-corrected chi connectivity index (χ1v) is 9.01. The van der Waals surface area contributed by atoms with Crippen LogP contribution in [0.2, 0.25) is 0 Å². The van der Waals surface area contributed by atoms with Gasteiger partial charge in [-0.15, -0.1) is 22.7 Å². The molecule has 2 heterocycles. The van der Waals surface area contributed by atoms with Gasteiger partial charge in [0.2, 0.25) is 0 Å². The van der Waals surface area contributed by atoms with Crippen LogP contribution in [0.25, 0.3) is 9.88 Å². The van der Waals surface area contributed by atoms with Gasteiger partial charge in [0.1, 0.15) is 10.7 Å². The molecule has 5 nitrogen and oxygen atoms in total. The van der Waals surface area contributed by atoms with Crippen molar-refractivity contribution in [1.29, 1.82) is 0 Å². The summed E-state index contributed by atoms with van der Waals surface area (Å²) in [6, 6.07) is 10.6. The Bertz CT molecular complexity index is 856. The summed E-state index contributed by atoms with van der Waals surface area (Å²) in [6.07, 6.45) is 0. The fourth-order valence-corrected chi connectivity index (χ4v) is 3.64. The van der Waals surface area contributed by atoms with Gasteiger partial charge in [-0.25, -0.2) is 9.78 Å². The molecule has 3 aromatic rings. The average molecular weight is 358 g/mol. The van der Waals surface area contributed by atoms with Crippen molar-refractivity contribution in [2.75, 3.05) is 11.9 Å². The maximum atomic E-state index is 12.3. The van der Waals surface area contributed by atoms with Crippen LogP contribution < -0.4 is 5.32 Å². The van der Waals surface area contributed by atoms with E-state index in [0.29, 0.717) is 23.6 Å². The summed E-state index contributed by atoms with van der Waals surface area (Å²) in [6.45, 7) is 2.05. The zero-order chi connectivity index (χ0) is 16.9. The van der Waals surface area contributed by atoms with Crippen molar-refractivity contribution >= 4 is 40.2 Å². The summed E-state index contributed by atoms with van der Waals surface area (Å²) >= 11 is 3.00. The molecule has 1 N–H and O–H groups in total. The lowest BCUT2D eigenvalue weighted by Crippen LogP contribution is -2.13. The predicted molar refractivity (Wildman–Crippen MR) is 95.8 cm³/mol. The Morgan fingerprint density at radius 3 is 2.83 bits per heavy atom. The zero-order valence-electron chi connectivity index (χ0n) is 12.8. The van der Waals surface area contributed by atoms with E-state index in [4.69, 9.17) is 4.74 Å². The van der Waals surface area contributed by atoms with E-state index in [-0.39, 0.29) is 5.91 Å². The van der Waals surface area contributed by atoms with E-state index >= 15 is 0 Å². The Morgan fingerprint density at radius 2 is 2.08 bits per heavy atom. The third kappa shape index (κ3) is 3.69. The molecule has 1 amide bonds. The Kier molecular flexibility index (Phi) is 5.02. The van der Waals surface area contributed by atoms with E-state index in [9.17, 15) is 9.59 Å². The number of amides is 1. The number of aromatic nitrogens is 1. The standard InChI is InChI=1S/C17H14N2O3S2/c1-2-22-17(21)11-5-3-6-12(9-11)18-15(20)13-10-24-16(19-13)14-7-4-8-23-14/h3-10H,2H2,1H3,(H,18,20). The minimum absolute atomic E-state index is 0.305. The number of benzene rings is 1. The highest BCUT2D eigenvalue weighted by molar-refractivity contribution is 7.20. The molecule has 3 rings (SSSR count). The molecule has 0 saturated carbocycles. The number of rotatable bonds is 5. The van der Waals surface area contributed by atoms with Crippen LogP contribution >= 0.6 is 22.7 Å². The summed E-state index contributed by atoms with van der Waals surface area (Å²) < 4.78 is 4.96. The summed E-state index contributed by atoms with van der Waals surface area (Å²) in [5.74, 6) is -0.725. The van der Waals surface area contributed by atoms with Gasteiger partial charge in [0.25, 0.3) is 5.91 Å². The smallest absolute Gasteiger partial charge is 0.338 e. The molecule has 0 spiro atoms. The molecule has 122 valence electrons. The van der Waals surface area contributed by atoms with E-state index in [1.165, 1.54) is 11.3 Å². The normalized spacial score (nSPS) is 10.4. The number of thiophene rings is 1. The molecule has 0 aliphatic heterocycles. The number of anilines is 1. The number of carbonyl (C=O) groups is 2. The quantitative estimate of drug-likeness (QED) is 0.691. The molecule has 0 unspecified atom stereocenters. The zero-order valence-corrected chi connectivity index (χ0v) is 14.4. The Hall–Kier alpha value is -2.51. The van der Waals surface area contributed by atoms with Crippen molar-refractivity contribution in [3.8, 4) is 9.88 Å². The lowest BCUT2D eigenvalue weighted by molar-refractivity contribution is 0.0526. The van der Waals surface area contributed by atoms with Gasteiger partial charge in [-0.2, -0.15) is 0 Å². The van der Waals surface area contributed by atoms with Gasteiger partial charge < -0.3 is 10.1 Å². The molecule has 0 aliphatic rings. The highest BCUT2D eigenvalue weighted by atomic mass is 32.1. The first-order chi connectivity index (χ1) is 11.7. The highest BCUT2D eigenvalue weighted by Gasteiger charge is 2.14. The maximum absolute atomic E-state index is 12.3. The Labute approximate surface area is 146 Å². The third-order valence-electron chi connectivity index (χ3n) is 3.10. The average Bonchev–Trinajstić information content (AvgIpc) is 3.26. The van der Waals surface area contributed by atoms with Crippen LogP contribution in [0.3, 0.4) is 0 Å². The number of nitrogens with zero attached hydrogens (tertiary/aromatic N) is 1. The number of hydrogen-bond acceptors (Lipinski definition) is 6. The second kappa shape index (κ2) is 7.37. The van der Waals surface area contributed by atoms with Crippen molar-refractivity contribution in [3.05, 3.63) is 58.4 Å². The van der Waals surface area contributed by atoms with Gasteiger partial charge >= 0.3 is 5.97 Å². The topological polar surface area (TPSA) is 68.3 Å².